The third-order valence-corrected chi connectivity index (χ3v) is 2.50. The van der Waals surface area contributed by atoms with Crippen LogP contribution in [-0.2, 0) is 0 Å². The van der Waals surface area contributed by atoms with Crippen molar-refractivity contribution in [3.05, 3.63) is 12.2 Å². The van der Waals surface area contributed by atoms with Gasteiger partial charge in [0, 0.05) is 0 Å². The fraction of sp³-hybridized carbons (Fsp3) is 0.846. The van der Waals surface area contributed by atoms with E-state index in [1.807, 2.05) is 0 Å². The fourth-order valence-corrected chi connectivity index (χ4v) is 1.53. The van der Waals surface area contributed by atoms with Crippen LogP contribution in [0.5, 0.6) is 0 Å². The molecule has 78 valence electrons. The molecule has 0 aliphatic heterocycles. The summed E-state index contributed by atoms with van der Waals surface area (Å²) in [6.45, 7) is 9.08. The molecule has 0 heterocycles. The van der Waals surface area contributed by atoms with Crippen molar-refractivity contribution < 1.29 is 0 Å². The van der Waals surface area contributed by atoms with Crippen LogP contribution in [-0.4, -0.2) is 0 Å². The minimum atomic E-state index is 0.878. The van der Waals surface area contributed by atoms with Gasteiger partial charge in [-0.25, -0.2) is 0 Å². The van der Waals surface area contributed by atoms with Crippen LogP contribution >= 0.6 is 0 Å². The molecule has 0 radical (unpaired) electrons. The van der Waals surface area contributed by atoms with Crippen molar-refractivity contribution in [2.75, 3.05) is 0 Å². The second-order valence-corrected chi connectivity index (χ2v) is 4.59. The van der Waals surface area contributed by atoms with Crippen LogP contribution in [0.2, 0.25) is 0 Å². The van der Waals surface area contributed by atoms with Gasteiger partial charge in [0.2, 0.25) is 0 Å². The maximum Gasteiger partial charge on any atom is -0.0325 e. The summed E-state index contributed by atoms with van der Waals surface area (Å²) in [5.41, 5.74) is 0. The maximum atomic E-state index is 2.36. The van der Waals surface area contributed by atoms with Gasteiger partial charge in [-0.15, -0.1) is 0 Å². The molecule has 0 rings (SSSR count). The summed E-state index contributed by atoms with van der Waals surface area (Å²) < 4.78 is 0. The van der Waals surface area contributed by atoms with Crippen molar-refractivity contribution in [3.8, 4) is 0 Å². The van der Waals surface area contributed by atoms with E-state index in [1.54, 1.807) is 0 Å². The smallest absolute Gasteiger partial charge is 0.0325 e. The van der Waals surface area contributed by atoms with E-state index in [2.05, 4.69) is 39.8 Å². The number of allylic oxidation sites excluding steroid dienone is 2. The van der Waals surface area contributed by atoms with Gasteiger partial charge < -0.3 is 0 Å². The van der Waals surface area contributed by atoms with Crippen molar-refractivity contribution in [3.63, 3.8) is 0 Å². The summed E-state index contributed by atoms with van der Waals surface area (Å²) in [6, 6.07) is 0. The highest BCUT2D eigenvalue weighted by Crippen LogP contribution is 2.15. The van der Waals surface area contributed by atoms with E-state index < -0.39 is 0 Å². The third-order valence-electron chi connectivity index (χ3n) is 2.50. The van der Waals surface area contributed by atoms with Crippen LogP contribution in [0.4, 0.5) is 0 Å². The van der Waals surface area contributed by atoms with E-state index in [-0.39, 0.29) is 0 Å². The first kappa shape index (κ1) is 12.7. The molecular formula is C13H26. The Morgan fingerprint density at radius 2 is 1.62 bits per heavy atom. The third kappa shape index (κ3) is 9.66. The van der Waals surface area contributed by atoms with Gasteiger partial charge in [0.05, 0.1) is 0 Å². The van der Waals surface area contributed by atoms with Crippen LogP contribution in [0.1, 0.15) is 59.8 Å². The first-order chi connectivity index (χ1) is 6.16. The minimum absolute atomic E-state index is 0.878. The van der Waals surface area contributed by atoms with Crippen LogP contribution in [0.25, 0.3) is 0 Å². The van der Waals surface area contributed by atoms with Crippen molar-refractivity contribution in [1.82, 2.24) is 0 Å². The molecule has 0 spiro atoms. The molecule has 0 nitrogen and oxygen atoms in total. The summed E-state index contributed by atoms with van der Waals surface area (Å²) in [7, 11) is 0. The molecule has 0 fully saturated rings. The van der Waals surface area contributed by atoms with E-state index in [0.29, 0.717) is 0 Å². The Bertz CT molecular complexity index is 122. The molecule has 0 aromatic carbocycles. The molecule has 0 N–H and O–H groups in total. The Labute approximate surface area is 84.4 Å². The summed E-state index contributed by atoms with van der Waals surface area (Å²) in [5.74, 6) is 1.76. The van der Waals surface area contributed by atoms with Crippen molar-refractivity contribution in [1.29, 1.82) is 0 Å². The Morgan fingerprint density at radius 3 is 2.15 bits per heavy atom. The zero-order valence-electron chi connectivity index (χ0n) is 9.84. The van der Waals surface area contributed by atoms with Crippen LogP contribution < -0.4 is 0 Å². The lowest BCUT2D eigenvalue weighted by atomic mass is 9.97. The minimum Gasteiger partial charge on any atom is -0.0917 e. The Balaban J connectivity index is 3.21. The molecule has 0 aliphatic carbocycles. The van der Waals surface area contributed by atoms with Gasteiger partial charge in [0.1, 0.15) is 0 Å². The first-order valence-electron chi connectivity index (χ1n) is 5.78. The second kappa shape index (κ2) is 8.34. The Hall–Kier alpha value is -0.260. The van der Waals surface area contributed by atoms with Gasteiger partial charge in [-0.05, 0) is 25.2 Å². The lowest BCUT2D eigenvalue weighted by molar-refractivity contribution is 0.465. The van der Waals surface area contributed by atoms with Gasteiger partial charge in [0.25, 0.3) is 0 Å². The molecular weight excluding hydrogens is 156 g/mol. The average molecular weight is 182 g/mol. The monoisotopic (exact) mass is 182 g/mol. The summed E-state index contributed by atoms with van der Waals surface area (Å²) in [6.07, 6.45) is 11.3. The average Bonchev–Trinajstić information content (AvgIpc) is 2.08. The molecule has 0 heteroatoms. The summed E-state index contributed by atoms with van der Waals surface area (Å²) in [5, 5.41) is 0. The van der Waals surface area contributed by atoms with Crippen molar-refractivity contribution in [2.24, 2.45) is 11.8 Å². The molecule has 0 saturated carbocycles. The largest absolute Gasteiger partial charge is 0.0917 e. The van der Waals surface area contributed by atoms with Gasteiger partial charge in [-0.3, -0.25) is 0 Å². The molecule has 1 atom stereocenters. The van der Waals surface area contributed by atoms with Crippen LogP contribution in [0.3, 0.4) is 0 Å². The van der Waals surface area contributed by atoms with Gasteiger partial charge >= 0.3 is 0 Å². The fourth-order valence-electron chi connectivity index (χ4n) is 1.53. The molecule has 13 heavy (non-hydrogen) atoms. The normalized spacial score (nSPS) is 14.2. The number of rotatable bonds is 7. The zero-order chi connectivity index (χ0) is 10.1. The molecule has 0 bridgehead atoms. The molecule has 0 aromatic rings. The SMILES string of the molecule is CC=CCC(C)CCCCC(C)C. The van der Waals surface area contributed by atoms with E-state index in [1.165, 1.54) is 32.1 Å². The number of hydrogen-bond donors (Lipinski definition) is 0. The van der Waals surface area contributed by atoms with E-state index in [4.69, 9.17) is 0 Å². The molecule has 0 aliphatic rings. The van der Waals surface area contributed by atoms with Crippen molar-refractivity contribution in [2.45, 2.75) is 59.8 Å². The second-order valence-electron chi connectivity index (χ2n) is 4.59. The Kier molecular flexibility index (Phi) is 8.18. The summed E-state index contributed by atoms with van der Waals surface area (Å²) in [4.78, 5) is 0. The van der Waals surface area contributed by atoms with Crippen LogP contribution in [0, 0.1) is 11.8 Å². The predicted molar refractivity (Wildman–Crippen MR) is 61.9 cm³/mol. The van der Waals surface area contributed by atoms with Gasteiger partial charge in [-0.2, -0.15) is 0 Å². The summed E-state index contributed by atoms with van der Waals surface area (Å²) >= 11 is 0. The molecule has 0 saturated heterocycles. The predicted octanol–water partition coefficient (Wildman–Crippen LogP) is 4.81. The van der Waals surface area contributed by atoms with Crippen molar-refractivity contribution >= 4 is 0 Å². The molecule has 0 amide bonds. The van der Waals surface area contributed by atoms with Gasteiger partial charge in [-0.1, -0.05) is 58.6 Å². The molecule has 1 unspecified atom stereocenters. The van der Waals surface area contributed by atoms with Crippen LogP contribution in [0.15, 0.2) is 12.2 Å². The number of hydrogen-bond acceptors (Lipinski definition) is 0. The molecule has 0 aromatic heterocycles. The van der Waals surface area contributed by atoms with E-state index >= 15 is 0 Å². The number of unbranched alkanes of at least 4 members (excludes halogenated alkanes) is 1. The lowest BCUT2D eigenvalue weighted by Gasteiger charge is -2.09. The Morgan fingerprint density at radius 1 is 1.00 bits per heavy atom. The van der Waals surface area contributed by atoms with Gasteiger partial charge in [0.15, 0.2) is 0 Å². The quantitative estimate of drug-likeness (QED) is 0.392. The topological polar surface area (TPSA) is 0 Å². The highest BCUT2D eigenvalue weighted by atomic mass is 14.1. The lowest BCUT2D eigenvalue weighted by Crippen LogP contribution is -1.94. The standard InChI is InChI=1S/C13H26/c1-5-6-10-13(4)11-8-7-9-12(2)3/h5-6,12-13H,7-11H2,1-4H3. The zero-order valence-corrected chi connectivity index (χ0v) is 9.84. The van der Waals surface area contributed by atoms with E-state index in [0.717, 1.165) is 11.8 Å². The maximum absolute atomic E-state index is 2.36. The highest BCUT2D eigenvalue weighted by Gasteiger charge is 2.00. The highest BCUT2D eigenvalue weighted by molar-refractivity contribution is 4.78. The van der Waals surface area contributed by atoms with E-state index in [9.17, 15) is 0 Å². The first-order valence-corrected chi connectivity index (χ1v) is 5.78.